The van der Waals surface area contributed by atoms with E-state index in [-0.39, 0.29) is 81.5 Å². The Labute approximate surface area is 259 Å². The molecule has 242 valence electrons. The first-order chi connectivity index (χ1) is 21.5. The van der Waals surface area contributed by atoms with Gasteiger partial charge in [0.15, 0.2) is 6.61 Å². The van der Waals surface area contributed by atoms with E-state index in [0.717, 1.165) is 0 Å². The number of pyridine rings is 1. The zero-order valence-electron chi connectivity index (χ0n) is 25.3. The molecule has 1 aromatic carbocycles. The van der Waals surface area contributed by atoms with E-state index >= 15 is 0 Å². The first-order valence-electron chi connectivity index (χ1n) is 14.9. The number of nitrogens with zero attached hydrogens (tertiary/aromatic N) is 4. The number of carboxylic acids is 1. The number of hydrogen-bond acceptors (Lipinski definition) is 9. The molecule has 2 aromatic rings. The molecular weight excluding hydrogens is 588 g/mol. The predicted octanol–water partition coefficient (Wildman–Crippen LogP) is 0.615. The SMILES string of the molecule is CCOC(=O)N1CCN(C(=O)C(CCC(=O)O)NC(=O)c2cc(OCC(=O)N3CCC(NC(C)=O)C3)c3ccccc3n2)CC1. The lowest BCUT2D eigenvalue weighted by atomic mass is 10.1. The number of ether oxygens (including phenoxy) is 2. The van der Waals surface area contributed by atoms with Crippen LogP contribution in [0.15, 0.2) is 30.3 Å². The van der Waals surface area contributed by atoms with Crippen molar-refractivity contribution >= 4 is 46.6 Å². The van der Waals surface area contributed by atoms with Crippen LogP contribution in [0.1, 0.15) is 43.6 Å². The van der Waals surface area contributed by atoms with E-state index in [2.05, 4.69) is 15.6 Å². The monoisotopic (exact) mass is 626 g/mol. The molecule has 2 aliphatic rings. The first-order valence-corrected chi connectivity index (χ1v) is 14.9. The lowest BCUT2D eigenvalue weighted by Crippen LogP contribution is -2.56. The van der Waals surface area contributed by atoms with E-state index in [1.165, 1.54) is 22.8 Å². The van der Waals surface area contributed by atoms with E-state index in [0.29, 0.717) is 30.4 Å². The topological polar surface area (TPSA) is 188 Å². The van der Waals surface area contributed by atoms with Gasteiger partial charge < -0.3 is 39.9 Å². The zero-order valence-corrected chi connectivity index (χ0v) is 25.3. The fourth-order valence-corrected chi connectivity index (χ4v) is 5.30. The van der Waals surface area contributed by atoms with Gasteiger partial charge in [0.05, 0.1) is 12.1 Å². The number of hydrogen-bond donors (Lipinski definition) is 3. The van der Waals surface area contributed by atoms with Gasteiger partial charge in [0.2, 0.25) is 11.8 Å². The maximum atomic E-state index is 13.4. The Balaban J connectivity index is 1.46. The molecule has 2 unspecified atom stereocenters. The van der Waals surface area contributed by atoms with E-state index in [9.17, 15) is 33.9 Å². The second-order valence-corrected chi connectivity index (χ2v) is 10.8. The molecular formula is C30H38N6O9. The number of aromatic nitrogens is 1. The van der Waals surface area contributed by atoms with Gasteiger partial charge in [-0.3, -0.25) is 24.0 Å². The number of amides is 5. The Morgan fingerprint density at radius 1 is 1.02 bits per heavy atom. The highest BCUT2D eigenvalue weighted by molar-refractivity contribution is 5.99. The molecule has 0 bridgehead atoms. The molecule has 2 fully saturated rings. The van der Waals surface area contributed by atoms with E-state index < -0.39 is 29.9 Å². The summed E-state index contributed by atoms with van der Waals surface area (Å²) >= 11 is 0. The van der Waals surface area contributed by atoms with E-state index in [1.54, 1.807) is 36.1 Å². The summed E-state index contributed by atoms with van der Waals surface area (Å²) in [5.41, 5.74) is 0.339. The van der Waals surface area contributed by atoms with Gasteiger partial charge in [0, 0.05) is 70.1 Å². The van der Waals surface area contributed by atoms with Crippen molar-refractivity contribution in [1.29, 1.82) is 0 Å². The fraction of sp³-hybridized carbons (Fsp3) is 0.500. The van der Waals surface area contributed by atoms with Gasteiger partial charge in [-0.1, -0.05) is 12.1 Å². The molecule has 3 N–H and O–H groups in total. The highest BCUT2D eigenvalue weighted by Gasteiger charge is 2.32. The average Bonchev–Trinajstić information content (AvgIpc) is 3.49. The number of piperazine rings is 1. The summed E-state index contributed by atoms with van der Waals surface area (Å²) in [6.07, 6.45) is -0.354. The van der Waals surface area contributed by atoms with E-state index in [1.807, 2.05) is 0 Å². The Bertz CT molecular complexity index is 1440. The maximum Gasteiger partial charge on any atom is 0.409 e. The molecule has 3 heterocycles. The number of carbonyl (C=O) groups excluding carboxylic acids is 5. The van der Waals surface area contributed by atoms with Gasteiger partial charge in [-0.15, -0.1) is 0 Å². The van der Waals surface area contributed by atoms with Crippen LogP contribution in [0, 0.1) is 0 Å². The molecule has 2 aliphatic heterocycles. The van der Waals surface area contributed by atoms with Crippen molar-refractivity contribution in [1.82, 2.24) is 30.3 Å². The number of carboxylic acid groups (broad SMARTS) is 1. The zero-order chi connectivity index (χ0) is 32.5. The summed E-state index contributed by atoms with van der Waals surface area (Å²) in [5, 5.41) is 15.3. The minimum absolute atomic E-state index is 0.0803. The quantitative estimate of drug-likeness (QED) is 0.319. The minimum Gasteiger partial charge on any atom is -0.483 e. The normalized spacial score (nSPS) is 17.0. The number of rotatable bonds is 11. The van der Waals surface area contributed by atoms with Crippen LogP contribution in [0.3, 0.4) is 0 Å². The third-order valence-corrected chi connectivity index (χ3v) is 7.58. The van der Waals surface area contributed by atoms with Crippen molar-refractivity contribution in [2.45, 2.75) is 45.2 Å². The molecule has 1 aromatic heterocycles. The maximum absolute atomic E-state index is 13.4. The Morgan fingerprint density at radius 3 is 2.42 bits per heavy atom. The van der Waals surface area contributed by atoms with Crippen LogP contribution in [0.4, 0.5) is 4.79 Å². The van der Waals surface area contributed by atoms with E-state index in [4.69, 9.17) is 9.47 Å². The van der Waals surface area contributed by atoms with Crippen molar-refractivity contribution in [2.24, 2.45) is 0 Å². The number of para-hydroxylation sites is 1. The first kappa shape index (κ1) is 33.0. The highest BCUT2D eigenvalue weighted by atomic mass is 16.6. The summed E-state index contributed by atoms with van der Waals surface area (Å²) in [6, 6.07) is 7.01. The molecule has 2 saturated heterocycles. The van der Waals surface area contributed by atoms with Gasteiger partial charge >= 0.3 is 12.1 Å². The molecule has 15 nitrogen and oxygen atoms in total. The van der Waals surface area contributed by atoms with Crippen molar-refractivity contribution in [2.75, 3.05) is 52.5 Å². The Hall–Kier alpha value is -4.95. The number of nitrogens with one attached hydrogen (secondary N) is 2. The molecule has 0 saturated carbocycles. The molecule has 15 heteroatoms. The van der Waals surface area contributed by atoms with Gasteiger partial charge in [0.1, 0.15) is 17.5 Å². The molecule has 0 aliphatic carbocycles. The van der Waals surface area contributed by atoms with Gasteiger partial charge in [-0.25, -0.2) is 9.78 Å². The van der Waals surface area contributed by atoms with Gasteiger partial charge in [0.25, 0.3) is 11.8 Å². The lowest BCUT2D eigenvalue weighted by molar-refractivity contribution is -0.138. The lowest BCUT2D eigenvalue weighted by Gasteiger charge is -2.35. The third-order valence-electron chi connectivity index (χ3n) is 7.58. The smallest absolute Gasteiger partial charge is 0.409 e. The number of aliphatic carboxylic acids is 1. The minimum atomic E-state index is -1.16. The molecule has 5 amide bonds. The predicted molar refractivity (Wildman–Crippen MR) is 159 cm³/mol. The van der Waals surface area contributed by atoms with Crippen LogP contribution in [0.5, 0.6) is 5.75 Å². The van der Waals surface area contributed by atoms with Gasteiger partial charge in [-0.05, 0) is 31.9 Å². The standard InChI is InChI=1S/C30H38N6O9/c1-3-44-30(43)35-14-12-34(13-15-35)29(42)23(8-9-27(39)40)33-28(41)24-16-25(21-6-4-5-7-22(21)32-24)45-18-26(38)36-11-10-20(17-36)31-19(2)37/h4-7,16,20,23H,3,8-15,17-18H2,1-2H3,(H,31,37)(H,33,41)(H,39,40). The molecule has 4 rings (SSSR count). The van der Waals surface area contributed by atoms with Gasteiger partial charge in [-0.2, -0.15) is 0 Å². The summed E-state index contributed by atoms with van der Waals surface area (Å²) in [7, 11) is 0. The van der Waals surface area contributed by atoms with Crippen LogP contribution >= 0.6 is 0 Å². The van der Waals surface area contributed by atoms with Crippen LogP contribution in [-0.2, 0) is 23.9 Å². The van der Waals surface area contributed by atoms with Crippen LogP contribution < -0.4 is 15.4 Å². The van der Waals surface area contributed by atoms with Crippen molar-refractivity contribution in [3.05, 3.63) is 36.0 Å². The van der Waals surface area contributed by atoms with Crippen molar-refractivity contribution in [3.63, 3.8) is 0 Å². The molecule has 0 radical (unpaired) electrons. The number of benzene rings is 1. The Morgan fingerprint density at radius 2 is 1.73 bits per heavy atom. The summed E-state index contributed by atoms with van der Waals surface area (Å²) in [4.78, 5) is 83.4. The second-order valence-electron chi connectivity index (χ2n) is 10.8. The highest BCUT2D eigenvalue weighted by Crippen LogP contribution is 2.26. The average molecular weight is 627 g/mol. The number of fused-ring (bicyclic) bond motifs is 1. The summed E-state index contributed by atoms with van der Waals surface area (Å²) in [5.74, 6) is -2.53. The van der Waals surface area contributed by atoms with Crippen LogP contribution in [-0.4, -0.2) is 125 Å². The van der Waals surface area contributed by atoms with Crippen LogP contribution in [0.2, 0.25) is 0 Å². The molecule has 45 heavy (non-hydrogen) atoms. The fourth-order valence-electron chi connectivity index (χ4n) is 5.30. The van der Waals surface area contributed by atoms with Crippen LogP contribution in [0.25, 0.3) is 10.9 Å². The van der Waals surface area contributed by atoms with Crippen molar-refractivity contribution in [3.8, 4) is 5.75 Å². The number of carbonyl (C=O) groups is 6. The largest absolute Gasteiger partial charge is 0.483 e. The second kappa shape index (κ2) is 15.2. The number of likely N-dealkylation sites (tertiary alicyclic amines) is 1. The third kappa shape index (κ3) is 8.80. The van der Waals surface area contributed by atoms with Crippen molar-refractivity contribution < 1.29 is 43.3 Å². The summed E-state index contributed by atoms with van der Waals surface area (Å²) in [6.45, 7) is 4.76. The molecule has 0 spiro atoms. The Kier molecular flexibility index (Phi) is 11.1. The summed E-state index contributed by atoms with van der Waals surface area (Å²) < 4.78 is 10.9. The molecule has 2 atom stereocenters.